The number of hydrogen-bond acceptors (Lipinski definition) is 3. The van der Waals surface area contributed by atoms with Crippen LogP contribution in [0.2, 0.25) is 0 Å². The highest BCUT2D eigenvalue weighted by molar-refractivity contribution is 9.10. The van der Waals surface area contributed by atoms with E-state index in [2.05, 4.69) is 15.9 Å². The summed E-state index contributed by atoms with van der Waals surface area (Å²) < 4.78 is 6.59. The van der Waals surface area contributed by atoms with Gasteiger partial charge in [0.1, 0.15) is 5.75 Å². The maximum absolute atomic E-state index is 10.9. The van der Waals surface area contributed by atoms with Crippen LogP contribution in [0.3, 0.4) is 0 Å². The highest BCUT2D eigenvalue weighted by atomic mass is 79.9. The predicted octanol–water partition coefficient (Wildman–Crippen LogP) is 2.90. The van der Waals surface area contributed by atoms with Crippen LogP contribution in [-0.2, 0) is 11.3 Å². The molecule has 0 atom stereocenters. The molecule has 4 nitrogen and oxygen atoms in total. The van der Waals surface area contributed by atoms with Gasteiger partial charge in [-0.25, -0.2) is 0 Å². The highest BCUT2D eigenvalue weighted by Gasteiger charge is 2.30. The number of carboxylic acids is 1. The number of rotatable bonds is 7. The Morgan fingerprint density at radius 1 is 1.53 bits per heavy atom. The van der Waals surface area contributed by atoms with Gasteiger partial charge in [-0.05, 0) is 38.0 Å². The molecule has 1 fully saturated rings. The summed E-state index contributed by atoms with van der Waals surface area (Å²) in [5.74, 6) is 0.0570. The van der Waals surface area contributed by atoms with Gasteiger partial charge in [0.05, 0.1) is 13.2 Å². The van der Waals surface area contributed by atoms with Crippen LogP contribution in [0, 0.1) is 0 Å². The van der Waals surface area contributed by atoms with E-state index in [9.17, 15) is 4.79 Å². The molecular formula is C14H18BrNO3. The van der Waals surface area contributed by atoms with E-state index in [1.807, 2.05) is 30.0 Å². The zero-order valence-electron chi connectivity index (χ0n) is 10.9. The fourth-order valence-corrected chi connectivity index (χ4v) is 2.52. The summed E-state index contributed by atoms with van der Waals surface area (Å²) in [4.78, 5) is 12.9. The second kappa shape index (κ2) is 6.39. The first kappa shape index (κ1) is 14.3. The Labute approximate surface area is 121 Å². The highest BCUT2D eigenvalue weighted by Crippen LogP contribution is 2.31. The molecule has 0 saturated heterocycles. The number of nitrogens with zero attached hydrogens (tertiary/aromatic N) is 1. The third kappa shape index (κ3) is 4.21. The Balaban J connectivity index is 2.14. The van der Waals surface area contributed by atoms with Crippen molar-refractivity contribution < 1.29 is 14.6 Å². The molecule has 0 heterocycles. The summed E-state index contributed by atoms with van der Waals surface area (Å²) in [5.41, 5.74) is 1.03. The average Bonchev–Trinajstić information content (AvgIpc) is 3.15. The third-order valence-electron chi connectivity index (χ3n) is 3.10. The van der Waals surface area contributed by atoms with E-state index in [0.717, 1.165) is 28.6 Å². The quantitative estimate of drug-likeness (QED) is 0.836. The smallest absolute Gasteiger partial charge is 0.317 e. The maximum atomic E-state index is 10.9. The van der Waals surface area contributed by atoms with E-state index >= 15 is 0 Å². The lowest BCUT2D eigenvalue weighted by Crippen LogP contribution is -2.31. The van der Waals surface area contributed by atoms with Gasteiger partial charge >= 0.3 is 5.97 Å². The SMILES string of the molecule is CCOc1ccc(Br)cc1CN(CC(=O)O)C1CC1. The summed E-state index contributed by atoms with van der Waals surface area (Å²) in [6.07, 6.45) is 2.18. The largest absolute Gasteiger partial charge is 0.494 e. The number of hydrogen-bond donors (Lipinski definition) is 1. The normalized spacial score (nSPS) is 14.7. The lowest BCUT2D eigenvalue weighted by atomic mass is 10.2. The third-order valence-corrected chi connectivity index (χ3v) is 3.59. The molecule has 0 amide bonds. The van der Waals surface area contributed by atoms with Gasteiger partial charge in [-0.1, -0.05) is 15.9 Å². The van der Waals surface area contributed by atoms with Crippen LogP contribution < -0.4 is 4.74 Å². The molecule has 1 aliphatic rings. The van der Waals surface area contributed by atoms with Gasteiger partial charge < -0.3 is 9.84 Å². The van der Waals surface area contributed by atoms with Crippen molar-refractivity contribution in [1.82, 2.24) is 4.90 Å². The molecule has 0 unspecified atom stereocenters. The molecule has 104 valence electrons. The minimum atomic E-state index is -0.778. The maximum Gasteiger partial charge on any atom is 0.317 e. The summed E-state index contributed by atoms with van der Waals surface area (Å²) >= 11 is 3.45. The summed E-state index contributed by atoms with van der Waals surface area (Å²) in [5, 5.41) is 8.98. The molecule has 0 radical (unpaired) electrons. The monoisotopic (exact) mass is 327 g/mol. The number of halogens is 1. The van der Waals surface area contributed by atoms with Crippen LogP contribution in [0.5, 0.6) is 5.75 Å². The standard InChI is InChI=1S/C14H18BrNO3/c1-2-19-13-6-3-11(15)7-10(13)8-16(9-14(17)18)12-4-5-12/h3,6-7,12H,2,4-5,8-9H2,1H3,(H,17,18). The van der Waals surface area contributed by atoms with Gasteiger partial charge in [0.25, 0.3) is 0 Å². The zero-order chi connectivity index (χ0) is 13.8. The first-order valence-corrected chi connectivity index (χ1v) is 7.26. The summed E-state index contributed by atoms with van der Waals surface area (Å²) in [6, 6.07) is 6.27. The molecule has 0 spiro atoms. The predicted molar refractivity (Wildman–Crippen MR) is 76.4 cm³/mol. The topological polar surface area (TPSA) is 49.8 Å². The number of benzene rings is 1. The van der Waals surface area contributed by atoms with E-state index < -0.39 is 5.97 Å². The minimum absolute atomic E-state index is 0.0861. The van der Waals surface area contributed by atoms with Gasteiger partial charge in [-0.15, -0.1) is 0 Å². The van der Waals surface area contributed by atoms with Crippen molar-refractivity contribution in [3.8, 4) is 5.75 Å². The summed E-state index contributed by atoms with van der Waals surface area (Å²) in [7, 11) is 0. The molecule has 0 aliphatic heterocycles. The van der Waals surface area contributed by atoms with E-state index in [4.69, 9.17) is 9.84 Å². The Morgan fingerprint density at radius 3 is 2.84 bits per heavy atom. The molecule has 1 aliphatic carbocycles. The Morgan fingerprint density at radius 2 is 2.26 bits per heavy atom. The number of carbonyl (C=O) groups is 1. The first-order chi connectivity index (χ1) is 9.10. The molecule has 0 bridgehead atoms. The summed E-state index contributed by atoms with van der Waals surface area (Å²) in [6.45, 7) is 3.26. The zero-order valence-corrected chi connectivity index (χ0v) is 12.5. The Hall–Kier alpha value is -1.07. The molecule has 1 aromatic carbocycles. The van der Waals surface area contributed by atoms with Crippen LogP contribution in [0.15, 0.2) is 22.7 Å². The lowest BCUT2D eigenvalue weighted by Gasteiger charge is -2.21. The van der Waals surface area contributed by atoms with Gasteiger partial charge in [0, 0.05) is 22.6 Å². The lowest BCUT2D eigenvalue weighted by molar-refractivity contribution is -0.138. The molecule has 0 aromatic heterocycles. The van der Waals surface area contributed by atoms with E-state index in [1.54, 1.807) is 0 Å². The Kier molecular flexibility index (Phi) is 4.82. The van der Waals surface area contributed by atoms with Gasteiger partial charge in [-0.3, -0.25) is 9.69 Å². The average molecular weight is 328 g/mol. The number of ether oxygens (including phenoxy) is 1. The molecule has 1 saturated carbocycles. The van der Waals surface area contributed by atoms with E-state index in [1.165, 1.54) is 0 Å². The van der Waals surface area contributed by atoms with Crippen LogP contribution in [0.4, 0.5) is 0 Å². The fourth-order valence-electron chi connectivity index (χ4n) is 2.11. The van der Waals surface area contributed by atoms with Crippen molar-refractivity contribution in [3.05, 3.63) is 28.2 Å². The molecule has 19 heavy (non-hydrogen) atoms. The first-order valence-electron chi connectivity index (χ1n) is 6.47. The van der Waals surface area contributed by atoms with Crippen LogP contribution >= 0.6 is 15.9 Å². The molecule has 1 aromatic rings. The van der Waals surface area contributed by atoms with Gasteiger partial charge in [0.15, 0.2) is 0 Å². The van der Waals surface area contributed by atoms with E-state index in [0.29, 0.717) is 19.2 Å². The van der Waals surface area contributed by atoms with Gasteiger partial charge in [-0.2, -0.15) is 0 Å². The fraction of sp³-hybridized carbons (Fsp3) is 0.500. The van der Waals surface area contributed by atoms with E-state index in [-0.39, 0.29) is 6.54 Å². The molecule has 1 N–H and O–H groups in total. The van der Waals surface area contributed by atoms with Crippen molar-refractivity contribution in [2.75, 3.05) is 13.2 Å². The van der Waals surface area contributed by atoms with Crippen LogP contribution in [-0.4, -0.2) is 35.2 Å². The van der Waals surface area contributed by atoms with Gasteiger partial charge in [0.2, 0.25) is 0 Å². The molecule has 5 heteroatoms. The minimum Gasteiger partial charge on any atom is -0.494 e. The van der Waals surface area contributed by atoms with Crippen molar-refractivity contribution in [2.24, 2.45) is 0 Å². The van der Waals surface area contributed by atoms with Crippen molar-refractivity contribution >= 4 is 21.9 Å². The molecule has 2 rings (SSSR count). The second-order valence-corrected chi connectivity index (χ2v) is 5.63. The van der Waals surface area contributed by atoms with Crippen molar-refractivity contribution in [3.63, 3.8) is 0 Å². The van der Waals surface area contributed by atoms with Crippen LogP contribution in [0.25, 0.3) is 0 Å². The number of aliphatic carboxylic acids is 1. The number of carboxylic acid groups (broad SMARTS) is 1. The molecular weight excluding hydrogens is 310 g/mol. The van der Waals surface area contributed by atoms with Crippen LogP contribution in [0.1, 0.15) is 25.3 Å². The second-order valence-electron chi connectivity index (χ2n) is 4.71. The van der Waals surface area contributed by atoms with Crippen molar-refractivity contribution in [1.29, 1.82) is 0 Å². The Bertz CT molecular complexity index is 460. The van der Waals surface area contributed by atoms with Crippen molar-refractivity contribution in [2.45, 2.75) is 32.4 Å².